The molecule has 1 aromatic carbocycles. The van der Waals surface area contributed by atoms with Crippen LogP contribution in [0.3, 0.4) is 0 Å². The van der Waals surface area contributed by atoms with E-state index in [1.54, 1.807) is 16.6 Å². The molecule has 148 valence electrons. The van der Waals surface area contributed by atoms with Gasteiger partial charge in [-0.05, 0) is 24.6 Å². The summed E-state index contributed by atoms with van der Waals surface area (Å²) < 4.78 is 22.1. The molecule has 2 heterocycles. The molecule has 1 atom stereocenters. The zero-order chi connectivity index (χ0) is 20.5. The summed E-state index contributed by atoms with van der Waals surface area (Å²) in [5.74, 6) is 0.167. The molecule has 0 radical (unpaired) electrons. The molecule has 0 saturated heterocycles. The number of nitrogens with zero attached hydrogens (tertiary/aromatic N) is 5. The fourth-order valence-corrected chi connectivity index (χ4v) is 4.29. The highest BCUT2D eigenvalue weighted by Crippen LogP contribution is 2.25. The molecule has 2 aromatic heterocycles. The molecule has 0 aliphatic rings. The number of benzene rings is 1. The van der Waals surface area contributed by atoms with Gasteiger partial charge in [-0.1, -0.05) is 12.1 Å². The Morgan fingerprint density at radius 2 is 1.96 bits per heavy atom. The summed E-state index contributed by atoms with van der Waals surface area (Å²) >= 11 is 0. The van der Waals surface area contributed by atoms with E-state index in [0.717, 1.165) is 22.6 Å². The summed E-state index contributed by atoms with van der Waals surface area (Å²) in [5.41, 5.74) is 2.80. The molecule has 2 N–H and O–H groups in total. The van der Waals surface area contributed by atoms with Crippen LogP contribution < -0.4 is 4.90 Å². The maximum Gasteiger partial charge on any atom is 0.304 e. The molecule has 0 saturated carbocycles. The molecule has 0 aliphatic heterocycles. The number of hydrogen-bond acceptors (Lipinski definition) is 7. The number of hydrogen-bond donors (Lipinski definition) is 2. The lowest BCUT2D eigenvalue weighted by Crippen LogP contribution is -2.18. The van der Waals surface area contributed by atoms with Crippen molar-refractivity contribution in [2.45, 2.75) is 24.7 Å². The predicted octanol–water partition coefficient (Wildman–Crippen LogP) is 1.97. The van der Waals surface area contributed by atoms with E-state index in [4.69, 9.17) is 9.89 Å². The lowest BCUT2D eigenvalue weighted by Gasteiger charge is -2.20. The maximum atomic E-state index is 12.4. The molecule has 3 aromatic rings. The Morgan fingerprint density at radius 1 is 1.29 bits per heavy atom. The number of rotatable bonds is 7. The average molecular weight is 402 g/mol. The second kappa shape index (κ2) is 7.55. The highest BCUT2D eigenvalue weighted by atomic mass is 32.2. The number of anilines is 1. The minimum absolute atomic E-state index is 0.196. The molecule has 0 fully saturated rings. The first kappa shape index (κ1) is 19.7. The lowest BCUT2D eigenvalue weighted by molar-refractivity contribution is -0.136. The van der Waals surface area contributed by atoms with Crippen molar-refractivity contribution in [3.8, 4) is 0 Å². The van der Waals surface area contributed by atoms with Gasteiger partial charge in [0.2, 0.25) is 0 Å². The molecule has 3 rings (SSSR count). The van der Waals surface area contributed by atoms with E-state index in [1.807, 2.05) is 38.1 Å². The number of fused-ring (bicyclic) bond motifs is 1. The third kappa shape index (κ3) is 3.96. The quantitative estimate of drug-likeness (QED) is 0.619. The van der Waals surface area contributed by atoms with E-state index in [0.29, 0.717) is 17.1 Å². The minimum atomic E-state index is -3.12. The first-order valence-corrected chi connectivity index (χ1v) is 10.4. The van der Waals surface area contributed by atoms with Crippen LogP contribution in [0.1, 0.15) is 23.2 Å². The lowest BCUT2D eigenvalue weighted by atomic mass is 10.0. The van der Waals surface area contributed by atoms with Gasteiger partial charge in [0.25, 0.3) is 5.78 Å². The van der Waals surface area contributed by atoms with Crippen LogP contribution in [0.4, 0.5) is 5.82 Å². The van der Waals surface area contributed by atoms with Crippen molar-refractivity contribution in [3.63, 3.8) is 0 Å². The van der Waals surface area contributed by atoms with E-state index < -0.39 is 15.7 Å². The van der Waals surface area contributed by atoms with Crippen molar-refractivity contribution >= 4 is 27.3 Å². The summed E-state index contributed by atoms with van der Waals surface area (Å²) in [6.07, 6.45) is 1.76. The number of nitrogens with one attached hydrogen (secondary N) is 1. The van der Waals surface area contributed by atoms with Gasteiger partial charge in [0.1, 0.15) is 12.1 Å². The first-order valence-electron chi connectivity index (χ1n) is 8.63. The first-order chi connectivity index (χ1) is 13.2. The van der Waals surface area contributed by atoms with Crippen molar-refractivity contribution in [2.75, 3.05) is 24.7 Å². The maximum absolute atomic E-state index is 12.4. The van der Waals surface area contributed by atoms with Crippen LogP contribution in [0.25, 0.3) is 5.78 Å². The molecule has 0 amide bonds. The van der Waals surface area contributed by atoms with Gasteiger partial charge >= 0.3 is 5.97 Å². The highest BCUT2D eigenvalue weighted by molar-refractivity contribution is 7.92. The summed E-state index contributed by atoms with van der Waals surface area (Å²) in [6.45, 7) is 1.92. The Bertz CT molecular complexity index is 1120. The molecule has 9 nitrogen and oxygen atoms in total. The number of carboxylic acid groups (broad SMARTS) is 1. The minimum Gasteiger partial charge on any atom is -0.481 e. The van der Waals surface area contributed by atoms with E-state index in [1.165, 1.54) is 6.33 Å². The van der Waals surface area contributed by atoms with Crippen LogP contribution >= 0.6 is 0 Å². The van der Waals surface area contributed by atoms with Gasteiger partial charge < -0.3 is 10.0 Å². The van der Waals surface area contributed by atoms with E-state index in [-0.39, 0.29) is 12.2 Å². The van der Waals surface area contributed by atoms with Gasteiger partial charge in [0.15, 0.2) is 0 Å². The van der Waals surface area contributed by atoms with Crippen LogP contribution in [0.15, 0.2) is 35.5 Å². The summed E-state index contributed by atoms with van der Waals surface area (Å²) in [4.78, 5) is 21.7. The Morgan fingerprint density at radius 3 is 2.57 bits per heavy atom. The molecular formula is C18H22N6O3S. The summed E-state index contributed by atoms with van der Waals surface area (Å²) in [6, 6.07) is 6.90. The van der Waals surface area contributed by atoms with E-state index in [9.17, 15) is 9.00 Å². The monoisotopic (exact) mass is 402 g/mol. The summed E-state index contributed by atoms with van der Waals surface area (Å²) in [7, 11) is 0.742. The fraction of sp³-hybridized carbons (Fsp3) is 0.333. The molecule has 0 bridgehead atoms. The number of aromatic nitrogens is 4. The van der Waals surface area contributed by atoms with Crippen molar-refractivity contribution in [2.24, 2.45) is 0 Å². The number of aliphatic carboxylic acids is 1. The molecule has 28 heavy (non-hydrogen) atoms. The van der Waals surface area contributed by atoms with Crippen LogP contribution in [0.2, 0.25) is 0 Å². The van der Waals surface area contributed by atoms with Gasteiger partial charge in [-0.3, -0.25) is 4.79 Å². The molecule has 0 spiro atoms. The van der Waals surface area contributed by atoms with Gasteiger partial charge in [-0.15, -0.1) is 0 Å². The normalized spacial score (nSPS) is 13.4. The smallest absolute Gasteiger partial charge is 0.304 e. The number of carbonyl (C=O) groups is 1. The predicted molar refractivity (Wildman–Crippen MR) is 105 cm³/mol. The SMILES string of the molecule is Cc1nc2ncnn2c(N(C)C)c1Cc1ccc(S(=N)(=O)CCC(=O)O)cc1. The van der Waals surface area contributed by atoms with Gasteiger partial charge in [0.05, 0.1) is 16.1 Å². The number of aryl methyl sites for hydroxylation is 1. The van der Waals surface area contributed by atoms with Gasteiger partial charge in [-0.25, -0.2) is 14.0 Å². The van der Waals surface area contributed by atoms with E-state index >= 15 is 0 Å². The zero-order valence-electron chi connectivity index (χ0n) is 15.9. The highest BCUT2D eigenvalue weighted by Gasteiger charge is 2.17. The zero-order valence-corrected chi connectivity index (χ0v) is 16.7. The molecule has 0 aliphatic carbocycles. The molecule has 1 unspecified atom stereocenters. The molecule has 10 heteroatoms. The Kier molecular flexibility index (Phi) is 5.32. The Hall–Kier alpha value is -3.01. The third-order valence-electron chi connectivity index (χ3n) is 4.42. The van der Waals surface area contributed by atoms with Crippen LogP contribution in [0, 0.1) is 11.7 Å². The largest absolute Gasteiger partial charge is 0.481 e. The van der Waals surface area contributed by atoms with Crippen molar-refractivity contribution < 1.29 is 14.1 Å². The van der Waals surface area contributed by atoms with Gasteiger partial charge in [0, 0.05) is 42.4 Å². The average Bonchev–Trinajstić information content (AvgIpc) is 3.08. The van der Waals surface area contributed by atoms with Crippen LogP contribution in [-0.2, 0) is 20.9 Å². The van der Waals surface area contributed by atoms with Crippen molar-refractivity contribution in [3.05, 3.63) is 47.4 Å². The van der Waals surface area contributed by atoms with Gasteiger partial charge in [-0.2, -0.15) is 14.6 Å². The van der Waals surface area contributed by atoms with E-state index in [2.05, 4.69) is 15.1 Å². The standard InChI is InChI=1S/C18H22N6O3S/c1-12-15(17(23(2)3)24-18(22-12)20-11-21-24)10-13-4-6-14(7-5-13)28(19,27)9-8-16(25)26/h4-7,11,19H,8-10H2,1-3H3,(H,25,26). The number of carboxylic acids is 1. The second-order valence-electron chi connectivity index (χ2n) is 6.71. The Labute approximate surface area is 163 Å². The van der Waals surface area contributed by atoms with Crippen LogP contribution in [0.5, 0.6) is 0 Å². The second-order valence-corrected chi connectivity index (χ2v) is 8.94. The third-order valence-corrected chi connectivity index (χ3v) is 6.23. The Balaban J connectivity index is 1.92. The van der Waals surface area contributed by atoms with Crippen molar-refractivity contribution in [1.29, 1.82) is 4.78 Å². The molecular weight excluding hydrogens is 380 g/mol. The topological polar surface area (TPSA) is 125 Å². The summed E-state index contributed by atoms with van der Waals surface area (Å²) in [5, 5.41) is 13.0. The fourth-order valence-electron chi connectivity index (χ4n) is 3.01. The van der Waals surface area contributed by atoms with Crippen LogP contribution in [-0.4, -0.2) is 54.7 Å². The van der Waals surface area contributed by atoms with Crippen molar-refractivity contribution in [1.82, 2.24) is 19.6 Å².